The van der Waals surface area contributed by atoms with Gasteiger partial charge in [0.2, 0.25) is 10.0 Å². The Labute approximate surface area is 174 Å². The van der Waals surface area contributed by atoms with Crippen molar-refractivity contribution in [3.63, 3.8) is 0 Å². The topological polar surface area (TPSA) is 68.3 Å². The maximum atomic E-state index is 14.1. The number of anilines is 1. The molecule has 0 fully saturated rings. The van der Waals surface area contributed by atoms with Gasteiger partial charge in [0.1, 0.15) is 11.6 Å². The number of pyridine rings is 1. The molecule has 0 amide bonds. The van der Waals surface area contributed by atoms with Crippen molar-refractivity contribution in [2.75, 3.05) is 4.72 Å². The standard InChI is InChI=1S/C22H22F2N2O3S/c1-13(2)30(27,28)26-18-6-8-21(29-22-7-5-17(23)11-20(22)24)19(12-18)16-9-14(3)25-15(4)10-16/h5-13,26H,1-4H3. The molecule has 0 unspecified atom stereocenters. The molecular formula is C22H22F2N2O3S. The van der Waals surface area contributed by atoms with Crippen LogP contribution in [0.5, 0.6) is 11.5 Å². The predicted octanol–water partition coefficient (Wildman–Crippen LogP) is 5.59. The van der Waals surface area contributed by atoms with E-state index >= 15 is 0 Å². The van der Waals surface area contributed by atoms with E-state index in [-0.39, 0.29) is 11.5 Å². The van der Waals surface area contributed by atoms with Gasteiger partial charge in [-0.1, -0.05) is 0 Å². The Morgan fingerprint density at radius 2 is 1.57 bits per heavy atom. The van der Waals surface area contributed by atoms with Crippen LogP contribution in [0.25, 0.3) is 11.1 Å². The molecule has 8 heteroatoms. The van der Waals surface area contributed by atoms with Crippen LogP contribution >= 0.6 is 0 Å². The molecule has 0 saturated heterocycles. The summed E-state index contributed by atoms with van der Waals surface area (Å²) in [6.07, 6.45) is 0. The van der Waals surface area contributed by atoms with Crippen molar-refractivity contribution in [3.8, 4) is 22.6 Å². The molecule has 158 valence electrons. The van der Waals surface area contributed by atoms with Gasteiger partial charge in [0.25, 0.3) is 0 Å². The van der Waals surface area contributed by atoms with Gasteiger partial charge in [-0.3, -0.25) is 9.71 Å². The van der Waals surface area contributed by atoms with E-state index < -0.39 is 26.9 Å². The Balaban J connectivity index is 2.11. The highest BCUT2D eigenvalue weighted by molar-refractivity contribution is 7.93. The zero-order valence-corrected chi connectivity index (χ0v) is 17.8. The third-order valence-electron chi connectivity index (χ3n) is 4.37. The van der Waals surface area contributed by atoms with Gasteiger partial charge in [0.15, 0.2) is 11.6 Å². The Kier molecular flexibility index (Phi) is 6.07. The lowest BCUT2D eigenvalue weighted by Crippen LogP contribution is -2.22. The minimum absolute atomic E-state index is 0.143. The maximum Gasteiger partial charge on any atom is 0.235 e. The summed E-state index contributed by atoms with van der Waals surface area (Å²) in [5, 5.41) is -0.615. The minimum Gasteiger partial charge on any atom is -0.454 e. The highest BCUT2D eigenvalue weighted by atomic mass is 32.2. The number of sulfonamides is 1. The van der Waals surface area contributed by atoms with E-state index in [0.717, 1.165) is 29.1 Å². The van der Waals surface area contributed by atoms with E-state index in [4.69, 9.17) is 4.74 Å². The highest BCUT2D eigenvalue weighted by Gasteiger charge is 2.18. The van der Waals surface area contributed by atoms with E-state index in [2.05, 4.69) is 9.71 Å². The molecule has 0 aliphatic heterocycles. The van der Waals surface area contributed by atoms with Gasteiger partial charge >= 0.3 is 0 Å². The lowest BCUT2D eigenvalue weighted by molar-refractivity contribution is 0.439. The Hall–Kier alpha value is -3.00. The van der Waals surface area contributed by atoms with Gasteiger partial charge in [-0.15, -0.1) is 0 Å². The maximum absolute atomic E-state index is 14.1. The Morgan fingerprint density at radius 3 is 2.17 bits per heavy atom. The van der Waals surface area contributed by atoms with Crippen molar-refractivity contribution >= 4 is 15.7 Å². The molecule has 3 rings (SSSR count). The molecule has 3 aromatic rings. The third kappa shape index (κ3) is 4.94. The third-order valence-corrected chi connectivity index (χ3v) is 6.13. The normalized spacial score (nSPS) is 11.6. The summed E-state index contributed by atoms with van der Waals surface area (Å²) in [6, 6.07) is 11.4. The fraction of sp³-hybridized carbons (Fsp3) is 0.227. The molecule has 0 aliphatic rings. The van der Waals surface area contributed by atoms with Crippen molar-refractivity contribution in [1.29, 1.82) is 0 Å². The first-order valence-electron chi connectivity index (χ1n) is 9.29. The zero-order valence-electron chi connectivity index (χ0n) is 17.0. The average molecular weight is 432 g/mol. The van der Waals surface area contributed by atoms with Crippen molar-refractivity contribution in [2.45, 2.75) is 32.9 Å². The summed E-state index contributed by atoms with van der Waals surface area (Å²) >= 11 is 0. The highest BCUT2D eigenvalue weighted by Crippen LogP contribution is 2.37. The fourth-order valence-electron chi connectivity index (χ4n) is 2.86. The number of halogens is 2. The number of nitrogens with one attached hydrogen (secondary N) is 1. The molecular weight excluding hydrogens is 410 g/mol. The minimum atomic E-state index is -3.55. The number of benzene rings is 2. The van der Waals surface area contributed by atoms with E-state index in [1.54, 1.807) is 26.0 Å². The van der Waals surface area contributed by atoms with Gasteiger partial charge in [-0.05, 0) is 75.7 Å². The Morgan fingerprint density at radius 1 is 0.933 bits per heavy atom. The second-order valence-electron chi connectivity index (χ2n) is 7.22. The first kappa shape index (κ1) is 21.7. The molecule has 0 radical (unpaired) electrons. The van der Waals surface area contributed by atoms with Crippen LogP contribution in [0.15, 0.2) is 48.5 Å². The monoisotopic (exact) mass is 432 g/mol. The van der Waals surface area contributed by atoms with Crippen LogP contribution in [-0.4, -0.2) is 18.7 Å². The van der Waals surface area contributed by atoms with E-state index in [1.807, 2.05) is 26.0 Å². The molecule has 2 aromatic carbocycles. The van der Waals surface area contributed by atoms with Crippen molar-refractivity contribution in [1.82, 2.24) is 4.98 Å². The summed E-state index contributed by atoms with van der Waals surface area (Å²) in [6.45, 7) is 6.82. The van der Waals surface area contributed by atoms with Gasteiger partial charge in [-0.25, -0.2) is 17.2 Å². The van der Waals surface area contributed by atoms with Gasteiger partial charge in [-0.2, -0.15) is 0 Å². The SMILES string of the molecule is Cc1cc(-c2cc(NS(=O)(=O)C(C)C)ccc2Oc2ccc(F)cc2F)cc(C)n1. The van der Waals surface area contributed by atoms with Gasteiger partial charge in [0, 0.05) is 28.7 Å². The molecule has 0 saturated carbocycles. The lowest BCUT2D eigenvalue weighted by atomic mass is 10.0. The predicted molar refractivity (Wildman–Crippen MR) is 113 cm³/mol. The number of aryl methyl sites for hydroxylation is 2. The second-order valence-corrected chi connectivity index (χ2v) is 9.46. The summed E-state index contributed by atoms with van der Waals surface area (Å²) in [4.78, 5) is 4.35. The molecule has 0 aliphatic carbocycles. The number of nitrogens with zero attached hydrogens (tertiary/aromatic N) is 1. The van der Waals surface area contributed by atoms with E-state index in [1.165, 1.54) is 12.1 Å². The quantitative estimate of drug-likeness (QED) is 0.552. The molecule has 1 N–H and O–H groups in total. The van der Waals surface area contributed by atoms with Crippen molar-refractivity contribution in [2.24, 2.45) is 0 Å². The van der Waals surface area contributed by atoms with Crippen LogP contribution in [0.4, 0.5) is 14.5 Å². The Bertz CT molecular complexity index is 1170. The van der Waals surface area contributed by atoms with E-state index in [0.29, 0.717) is 11.3 Å². The van der Waals surface area contributed by atoms with Crippen LogP contribution in [0.3, 0.4) is 0 Å². The largest absolute Gasteiger partial charge is 0.454 e. The lowest BCUT2D eigenvalue weighted by Gasteiger charge is -2.16. The second kappa shape index (κ2) is 8.39. The van der Waals surface area contributed by atoms with Gasteiger partial charge in [0.05, 0.1) is 5.25 Å². The zero-order chi connectivity index (χ0) is 22.1. The fourth-order valence-corrected chi connectivity index (χ4v) is 3.55. The van der Waals surface area contributed by atoms with E-state index in [9.17, 15) is 17.2 Å². The summed E-state index contributed by atoms with van der Waals surface area (Å²) < 4.78 is 60.2. The summed E-state index contributed by atoms with van der Waals surface area (Å²) in [5.41, 5.74) is 3.13. The number of hydrogen-bond donors (Lipinski definition) is 1. The summed E-state index contributed by atoms with van der Waals surface area (Å²) in [5.74, 6) is -1.40. The first-order valence-corrected chi connectivity index (χ1v) is 10.8. The van der Waals surface area contributed by atoms with Crippen LogP contribution in [0.2, 0.25) is 0 Å². The molecule has 0 spiro atoms. The molecule has 5 nitrogen and oxygen atoms in total. The molecule has 0 bridgehead atoms. The smallest absolute Gasteiger partial charge is 0.235 e. The average Bonchev–Trinajstić information content (AvgIpc) is 2.64. The van der Waals surface area contributed by atoms with Gasteiger partial charge < -0.3 is 4.74 Å². The van der Waals surface area contributed by atoms with Crippen molar-refractivity contribution in [3.05, 3.63) is 71.6 Å². The van der Waals surface area contributed by atoms with Crippen LogP contribution in [0.1, 0.15) is 25.2 Å². The molecule has 30 heavy (non-hydrogen) atoms. The summed E-state index contributed by atoms with van der Waals surface area (Å²) in [7, 11) is -3.55. The van der Waals surface area contributed by atoms with Crippen LogP contribution in [-0.2, 0) is 10.0 Å². The molecule has 0 atom stereocenters. The first-order chi connectivity index (χ1) is 14.0. The molecule has 1 heterocycles. The number of aromatic nitrogens is 1. The number of rotatable bonds is 6. The van der Waals surface area contributed by atoms with Crippen LogP contribution in [0, 0.1) is 25.5 Å². The molecule has 1 aromatic heterocycles. The van der Waals surface area contributed by atoms with Crippen LogP contribution < -0.4 is 9.46 Å². The number of hydrogen-bond acceptors (Lipinski definition) is 4. The number of ether oxygens (including phenoxy) is 1. The van der Waals surface area contributed by atoms with Crippen molar-refractivity contribution < 1.29 is 21.9 Å².